The third kappa shape index (κ3) is 9.35. The van der Waals surface area contributed by atoms with Crippen molar-refractivity contribution in [1.82, 2.24) is 9.13 Å². The van der Waals surface area contributed by atoms with Gasteiger partial charge < -0.3 is 14.2 Å². The zero-order valence-corrected chi connectivity index (χ0v) is 33.5. The molecule has 4 aromatic carbocycles. The molecular formula is C39H42Cl2N4O7S2. The Kier molecular flexibility index (Phi) is 13.4. The van der Waals surface area contributed by atoms with Gasteiger partial charge in [-0.1, -0.05) is 73.4 Å². The number of carbonyl (C=O) groups excluding carboxylic acids is 2. The molecule has 3 N–H and O–H groups in total. The van der Waals surface area contributed by atoms with Crippen LogP contribution in [0.1, 0.15) is 44.7 Å². The van der Waals surface area contributed by atoms with E-state index in [1.807, 2.05) is 90.6 Å². The summed E-state index contributed by atoms with van der Waals surface area (Å²) in [5, 5.41) is 13.3. The highest BCUT2D eigenvalue weighted by Crippen LogP contribution is 2.38. The number of aliphatic hydroxyl groups excluding tert-OH is 1. The number of halogens is 2. The summed E-state index contributed by atoms with van der Waals surface area (Å²) < 4.78 is 55.9. The average molecular weight is 814 g/mol. The van der Waals surface area contributed by atoms with Crippen LogP contribution in [0.4, 0.5) is 11.4 Å². The van der Waals surface area contributed by atoms with Gasteiger partial charge in [-0.2, -0.15) is 9.59 Å². The van der Waals surface area contributed by atoms with Crippen LogP contribution in [0.5, 0.6) is 0 Å². The van der Waals surface area contributed by atoms with Gasteiger partial charge >= 0.3 is 6.15 Å². The summed E-state index contributed by atoms with van der Waals surface area (Å²) in [4.78, 5) is 16.2. The van der Waals surface area contributed by atoms with Gasteiger partial charge in [0, 0.05) is 33.2 Å². The van der Waals surface area contributed by atoms with Crippen molar-refractivity contribution in [3.8, 4) is 0 Å². The van der Waals surface area contributed by atoms with Crippen LogP contribution in [0, 0.1) is 0 Å². The van der Waals surface area contributed by atoms with Crippen LogP contribution in [-0.4, -0.2) is 56.3 Å². The van der Waals surface area contributed by atoms with Gasteiger partial charge in [-0.05, 0) is 91.6 Å². The molecule has 0 spiro atoms. The Hall–Kier alpha value is -4.62. The number of anilines is 2. The molecule has 0 bridgehead atoms. The van der Waals surface area contributed by atoms with Crippen molar-refractivity contribution in [2.45, 2.75) is 44.7 Å². The number of aromatic nitrogens is 2. The molecule has 54 heavy (non-hydrogen) atoms. The van der Waals surface area contributed by atoms with E-state index in [9.17, 15) is 21.9 Å². The second-order valence-corrected chi connectivity index (χ2v) is 17.2. The van der Waals surface area contributed by atoms with Crippen molar-refractivity contribution >= 4 is 82.6 Å². The molecule has 0 aliphatic rings. The van der Waals surface area contributed by atoms with Gasteiger partial charge in [0.1, 0.15) is 0 Å². The molecule has 0 fully saturated rings. The van der Waals surface area contributed by atoms with E-state index in [2.05, 4.69) is 27.9 Å². The van der Waals surface area contributed by atoms with Gasteiger partial charge in [0.25, 0.3) is 0 Å². The standard InChI is InChI=1S/C19H21ClN2O3S.C19H21ClN2O2S.CO2/c1-3-19(13-23,14-7-9-15(20)10-8-14)22-12-11-16-17(21-26(2,24)25)5-4-6-18(16)22;1-4-19(2,14-8-10-15(20)11-9-14)22-13-12-16-17(21-25(3,23)24)6-5-7-18(16)22;2-1-3/h4-12,21,23H,3,13H2,1-2H3;5-13,21H,4H2,1-3H3;/t2*19-;/m01./s1. The van der Waals surface area contributed by atoms with Crippen molar-refractivity contribution < 1.29 is 31.5 Å². The molecule has 11 nitrogen and oxygen atoms in total. The topological polar surface area (TPSA) is 157 Å². The molecule has 0 aliphatic heterocycles. The Balaban J connectivity index is 0.000000225. The summed E-state index contributed by atoms with van der Waals surface area (Å²) in [5.41, 5.74) is 4.07. The van der Waals surface area contributed by atoms with E-state index in [0.717, 1.165) is 51.9 Å². The zero-order chi connectivity index (χ0) is 39.9. The first kappa shape index (κ1) is 42.1. The minimum absolute atomic E-state index is 0.0986. The van der Waals surface area contributed by atoms with Crippen LogP contribution in [0.15, 0.2) is 109 Å². The Labute approximate surface area is 325 Å². The molecule has 286 valence electrons. The summed E-state index contributed by atoms with van der Waals surface area (Å²) in [7, 11) is -6.72. The lowest BCUT2D eigenvalue weighted by Gasteiger charge is -2.34. The molecule has 6 aromatic rings. The third-order valence-electron chi connectivity index (χ3n) is 9.43. The maximum atomic E-state index is 11.6. The highest BCUT2D eigenvalue weighted by atomic mass is 35.5. The zero-order valence-electron chi connectivity index (χ0n) is 30.4. The minimum atomic E-state index is -3.39. The molecule has 0 radical (unpaired) electrons. The van der Waals surface area contributed by atoms with Gasteiger partial charge in [-0.3, -0.25) is 9.44 Å². The Morgan fingerprint density at radius 3 is 1.44 bits per heavy atom. The monoisotopic (exact) mass is 812 g/mol. The number of aliphatic hydroxyl groups is 1. The molecule has 0 saturated heterocycles. The maximum Gasteiger partial charge on any atom is 0.373 e. The number of hydrogen-bond donors (Lipinski definition) is 3. The summed E-state index contributed by atoms with van der Waals surface area (Å²) >= 11 is 12.1. The fraction of sp³-hybridized carbons (Fsp3) is 0.256. The first-order chi connectivity index (χ1) is 25.5. The molecular weight excluding hydrogens is 771 g/mol. The van der Waals surface area contributed by atoms with Gasteiger partial charge in [0.2, 0.25) is 20.0 Å². The number of sulfonamides is 2. The fourth-order valence-electron chi connectivity index (χ4n) is 6.59. The van der Waals surface area contributed by atoms with Crippen LogP contribution < -0.4 is 9.44 Å². The van der Waals surface area contributed by atoms with Crippen LogP contribution in [0.2, 0.25) is 10.0 Å². The summed E-state index contributed by atoms with van der Waals surface area (Å²) in [6, 6.07) is 30.2. The van der Waals surface area contributed by atoms with Gasteiger partial charge in [-0.25, -0.2) is 16.8 Å². The second-order valence-electron chi connectivity index (χ2n) is 12.9. The van der Waals surface area contributed by atoms with Gasteiger partial charge in [0.15, 0.2) is 0 Å². The molecule has 0 amide bonds. The molecule has 2 aromatic heterocycles. The predicted molar refractivity (Wildman–Crippen MR) is 216 cm³/mol. The summed E-state index contributed by atoms with van der Waals surface area (Å²) in [5.74, 6) is 0. The van der Waals surface area contributed by atoms with E-state index in [-0.39, 0.29) is 18.3 Å². The lowest BCUT2D eigenvalue weighted by atomic mass is 9.87. The molecule has 0 saturated carbocycles. The first-order valence-corrected chi connectivity index (χ1v) is 21.3. The van der Waals surface area contributed by atoms with E-state index < -0.39 is 25.6 Å². The molecule has 15 heteroatoms. The van der Waals surface area contributed by atoms with E-state index >= 15 is 0 Å². The SMILES string of the molecule is CC[C@](C)(c1ccc(Cl)cc1)n1ccc2c(NS(C)(=O)=O)cccc21.CC[C@](CO)(c1ccc(Cl)cc1)n1ccc2c(NS(C)(=O)=O)cccc21.O=C=O. The molecule has 0 aliphatic carbocycles. The number of nitrogens with zero attached hydrogens (tertiary/aromatic N) is 2. The van der Waals surface area contributed by atoms with E-state index in [1.54, 1.807) is 30.3 Å². The van der Waals surface area contributed by atoms with Gasteiger partial charge in [-0.15, -0.1) is 0 Å². The number of benzene rings is 4. The molecule has 6 rings (SSSR count). The molecule has 2 atom stereocenters. The van der Waals surface area contributed by atoms with E-state index in [1.165, 1.54) is 0 Å². The van der Waals surface area contributed by atoms with E-state index in [4.69, 9.17) is 32.8 Å². The smallest absolute Gasteiger partial charge is 0.373 e. The van der Waals surface area contributed by atoms with Crippen LogP contribution in [0.3, 0.4) is 0 Å². The predicted octanol–water partition coefficient (Wildman–Crippen LogP) is 8.07. The number of rotatable bonds is 11. The van der Waals surface area contributed by atoms with E-state index in [0.29, 0.717) is 27.8 Å². The highest BCUT2D eigenvalue weighted by Gasteiger charge is 2.33. The summed E-state index contributed by atoms with van der Waals surface area (Å²) in [6.07, 6.45) is 7.96. The van der Waals surface area contributed by atoms with Crippen molar-refractivity contribution in [2.75, 3.05) is 28.6 Å². The van der Waals surface area contributed by atoms with Crippen LogP contribution in [0.25, 0.3) is 21.8 Å². The van der Waals surface area contributed by atoms with Crippen molar-refractivity contribution in [3.05, 3.63) is 131 Å². The normalized spacial score (nSPS) is 13.7. The highest BCUT2D eigenvalue weighted by molar-refractivity contribution is 7.92. The Morgan fingerprint density at radius 1 is 0.648 bits per heavy atom. The van der Waals surface area contributed by atoms with Crippen LogP contribution >= 0.6 is 23.2 Å². The second kappa shape index (κ2) is 17.2. The quantitative estimate of drug-likeness (QED) is 0.119. The Morgan fingerprint density at radius 2 is 1.06 bits per heavy atom. The minimum Gasteiger partial charge on any atom is -0.394 e. The third-order valence-corrected chi connectivity index (χ3v) is 11.1. The van der Waals surface area contributed by atoms with Gasteiger partial charge in [0.05, 0.1) is 52.6 Å². The fourth-order valence-corrected chi connectivity index (χ4v) is 8.00. The molecule has 2 heterocycles. The largest absolute Gasteiger partial charge is 0.394 e. The lowest BCUT2D eigenvalue weighted by Crippen LogP contribution is -2.37. The van der Waals surface area contributed by atoms with Crippen molar-refractivity contribution in [3.63, 3.8) is 0 Å². The first-order valence-electron chi connectivity index (χ1n) is 16.8. The number of nitrogens with one attached hydrogen (secondary N) is 2. The maximum absolute atomic E-state index is 11.6. The summed E-state index contributed by atoms with van der Waals surface area (Å²) in [6.45, 7) is 6.22. The van der Waals surface area contributed by atoms with Crippen molar-refractivity contribution in [1.29, 1.82) is 0 Å². The number of fused-ring (bicyclic) bond motifs is 2. The van der Waals surface area contributed by atoms with Crippen LogP contribution in [-0.2, 0) is 40.7 Å². The molecule has 0 unspecified atom stereocenters. The van der Waals surface area contributed by atoms with Crippen molar-refractivity contribution in [2.24, 2.45) is 0 Å². The lowest BCUT2D eigenvalue weighted by molar-refractivity contribution is -0.191. The average Bonchev–Trinajstić information content (AvgIpc) is 3.76. The Bertz CT molecular complexity index is 2470. The number of hydrogen-bond acceptors (Lipinski definition) is 7.